The summed E-state index contributed by atoms with van der Waals surface area (Å²) >= 11 is 0. The second-order valence-corrected chi connectivity index (χ2v) is 4.36. The number of anilines is 1. The summed E-state index contributed by atoms with van der Waals surface area (Å²) in [6.07, 6.45) is 2.74. The van der Waals surface area contributed by atoms with E-state index in [1.807, 2.05) is 12.1 Å². The lowest BCUT2D eigenvalue weighted by molar-refractivity contribution is 0.398. The Morgan fingerprint density at radius 3 is 2.88 bits per heavy atom. The smallest absolute Gasteiger partial charge is 0.214 e. The van der Waals surface area contributed by atoms with Gasteiger partial charge < -0.3 is 15.8 Å². The largest absolute Gasteiger partial charge is 0.481 e. The maximum Gasteiger partial charge on any atom is 0.214 e. The van der Waals surface area contributed by atoms with Gasteiger partial charge in [-0.15, -0.1) is 0 Å². The monoisotopic (exact) mass is 223 g/mol. The summed E-state index contributed by atoms with van der Waals surface area (Å²) < 4.78 is 5.04. The van der Waals surface area contributed by atoms with Gasteiger partial charge in [-0.05, 0) is 18.4 Å². The number of nitrogens with zero attached hydrogens (tertiary/aromatic N) is 1. The molecule has 1 aromatic rings. The van der Waals surface area contributed by atoms with Crippen molar-refractivity contribution in [2.45, 2.75) is 26.3 Å². The third-order valence-corrected chi connectivity index (χ3v) is 2.29. The standard InChI is InChI=1S/C12H21N3O/c1-9(2)6-10(13)8-15-11-4-5-14-12(7-11)16-3/h4-5,7,9-10H,6,8,13H2,1-3H3,(H,14,15). The van der Waals surface area contributed by atoms with Gasteiger partial charge in [0.2, 0.25) is 5.88 Å². The predicted molar refractivity (Wildman–Crippen MR) is 66.7 cm³/mol. The van der Waals surface area contributed by atoms with Crippen molar-refractivity contribution in [1.29, 1.82) is 0 Å². The second-order valence-electron chi connectivity index (χ2n) is 4.36. The average molecular weight is 223 g/mol. The highest BCUT2D eigenvalue weighted by molar-refractivity contribution is 5.45. The van der Waals surface area contributed by atoms with Gasteiger partial charge in [0.15, 0.2) is 0 Å². The normalized spacial score (nSPS) is 12.6. The molecule has 0 fully saturated rings. The van der Waals surface area contributed by atoms with Crippen LogP contribution in [0.4, 0.5) is 5.69 Å². The molecule has 0 aliphatic carbocycles. The summed E-state index contributed by atoms with van der Waals surface area (Å²) in [5.74, 6) is 1.24. The Labute approximate surface area is 97.2 Å². The number of ether oxygens (including phenoxy) is 1. The van der Waals surface area contributed by atoms with E-state index in [-0.39, 0.29) is 6.04 Å². The van der Waals surface area contributed by atoms with Crippen molar-refractivity contribution in [3.05, 3.63) is 18.3 Å². The SMILES string of the molecule is COc1cc(NCC(N)CC(C)C)ccn1. The third-order valence-electron chi connectivity index (χ3n) is 2.29. The number of rotatable bonds is 6. The summed E-state index contributed by atoms with van der Waals surface area (Å²) in [5.41, 5.74) is 6.98. The summed E-state index contributed by atoms with van der Waals surface area (Å²) in [4.78, 5) is 4.04. The molecule has 0 saturated carbocycles. The van der Waals surface area contributed by atoms with E-state index >= 15 is 0 Å². The molecule has 0 aliphatic heterocycles. The number of pyridine rings is 1. The van der Waals surface area contributed by atoms with Crippen LogP contribution in [0.2, 0.25) is 0 Å². The Hall–Kier alpha value is -1.29. The number of aromatic nitrogens is 1. The molecule has 3 N–H and O–H groups in total. The molecule has 16 heavy (non-hydrogen) atoms. The van der Waals surface area contributed by atoms with E-state index in [2.05, 4.69) is 24.1 Å². The van der Waals surface area contributed by atoms with Crippen molar-refractivity contribution in [1.82, 2.24) is 4.98 Å². The molecule has 0 aromatic carbocycles. The number of nitrogens with two attached hydrogens (primary N) is 1. The molecule has 1 aromatic heterocycles. The Kier molecular flexibility index (Phi) is 5.05. The van der Waals surface area contributed by atoms with Crippen LogP contribution in [-0.4, -0.2) is 24.7 Å². The molecule has 0 bridgehead atoms. The quantitative estimate of drug-likeness (QED) is 0.773. The number of methoxy groups -OCH3 is 1. The van der Waals surface area contributed by atoms with E-state index in [0.717, 1.165) is 18.7 Å². The van der Waals surface area contributed by atoms with Crippen molar-refractivity contribution in [2.75, 3.05) is 19.0 Å². The van der Waals surface area contributed by atoms with Gasteiger partial charge in [-0.1, -0.05) is 13.8 Å². The first-order chi connectivity index (χ1) is 7.61. The molecule has 90 valence electrons. The van der Waals surface area contributed by atoms with Gasteiger partial charge in [-0.3, -0.25) is 0 Å². The average Bonchev–Trinajstić information content (AvgIpc) is 2.26. The van der Waals surface area contributed by atoms with Crippen LogP contribution in [-0.2, 0) is 0 Å². The van der Waals surface area contributed by atoms with E-state index in [0.29, 0.717) is 11.8 Å². The Bertz CT molecular complexity index is 315. The molecular weight excluding hydrogens is 202 g/mol. The molecule has 0 aliphatic rings. The second kappa shape index (κ2) is 6.33. The maximum absolute atomic E-state index is 5.98. The van der Waals surface area contributed by atoms with Crippen molar-refractivity contribution >= 4 is 5.69 Å². The molecule has 1 rings (SSSR count). The summed E-state index contributed by atoms with van der Waals surface area (Å²) in [5, 5.41) is 3.28. The minimum atomic E-state index is 0.180. The lowest BCUT2D eigenvalue weighted by Crippen LogP contribution is -2.30. The molecule has 4 nitrogen and oxygen atoms in total. The van der Waals surface area contributed by atoms with E-state index in [9.17, 15) is 0 Å². The van der Waals surface area contributed by atoms with Crippen LogP contribution in [0.15, 0.2) is 18.3 Å². The molecule has 0 amide bonds. The number of hydrogen-bond donors (Lipinski definition) is 2. The highest BCUT2D eigenvalue weighted by atomic mass is 16.5. The zero-order valence-electron chi connectivity index (χ0n) is 10.2. The molecule has 1 atom stereocenters. The van der Waals surface area contributed by atoms with Crippen molar-refractivity contribution in [3.8, 4) is 5.88 Å². The fourth-order valence-electron chi connectivity index (χ4n) is 1.57. The summed E-state index contributed by atoms with van der Waals surface area (Å²) in [6.45, 7) is 5.12. The van der Waals surface area contributed by atoms with Gasteiger partial charge in [0.25, 0.3) is 0 Å². The van der Waals surface area contributed by atoms with Gasteiger partial charge in [-0.25, -0.2) is 4.98 Å². The zero-order valence-corrected chi connectivity index (χ0v) is 10.2. The lowest BCUT2D eigenvalue weighted by atomic mass is 10.0. The lowest BCUT2D eigenvalue weighted by Gasteiger charge is -2.15. The van der Waals surface area contributed by atoms with Gasteiger partial charge in [0, 0.05) is 30.5 Å². The van der Waals surface area contributed by atoms with Crippen molar-refractivity contribution in [2.24, 2.45) is 11.7 Å². The topological polar surface area (TPSA) is 60.2 Å². The van der Waals surface area contributed by atoms with Crippen LogP contribution < -0.4 is 15.8 Å². The van der Waals surface area contributed by atoms with Crippen LogP contribution in [0.3, 0.4) is 0 Å². The molecule has 0 radical (unpaired) electrons. The minimum absolute atomic E-state index is 0.180. The van der Waals surface area contributed by atoms with E-state index in [4.69, 9.17) is 10.5 Å². The third kappa shape index (κ3) is 4.49. The fourth-order valence-corrected chi connectivity index (χ4v) is 1.57. The number of nitrogens with one attached hydrogen (secondary N) is 1. The van der Waals surface area contributed by atoms with Crippen LogP contribution in [0, 0.1) is 5.92 Å². The first-order valence-corrected chi connectivity index (χ1v) is 5.61. The van der Waals surface area contributed by atoms with Gasteiger partial charge in [0.05, 0.1) is 7.11 Å². The minimum Gasteiger partial charge on any atom is -0.481 e. The molecule has 4 heteroatoms. The van der Waals surface area contributed by atoms with E-state index in [1.165, 1.54) is 0 Å². The van der Waals surface area contributed by atoms with E-state index < -0.39 is 0 Å². The van der Waals surface area contributed by atoms with E-state index in [1.54, 1.807) is 13.3 Å². The Morgan fingerprint density at radius 1 is 1.50 bits per heavy atom. The molecular formula is C12H21N3O. The Balaban J connectivity index is 2.41. The zero-order chi connectivity index (χ0) is 12.0. The van der Waals surface area contributed by atoms with Crippen LogP contribution in [0.1, 0.15) is 20.3 Å². The van der Waals surface area contributed by atoms with Crippen LogP contribution in [0.25, 0.3) is 0 Å². The summed E-state index contributed by atoms with van der Waals surface area (Å²) in [7, 11) is 1.61. The highest BCUT2D eigenvalue weighted by Crippen LogP contribution is 2.13. The number of hydrogen-bond acceptors (Lipinski definition) is 4. The first kappa shape index (κ1) is 12.8. The van der Waals surface area contributed by atoms with Gasteiger partial charge in [0.1, 0.15) is 0 Å². The maximum atomic E-state index is 5.98. The fraction of sp³-hybridized carbons (Fsp3) is 0.583. The van der Waals surface area contributed by atoms with Crippen molar-refractivity contribution < 1.29 is 4.74 Å². The van der Waals surface area contributed by atoms with Gasteiger partial charge >= 0.3 is 0 Å². The highest BCUT2D eigenvalue weighted by Gasteiger charge is 2.05. The first-order valence-electron chi connectivity index (χ1n) is 5.61. The van der Waals surface area contributed by atoms with Crippen LogP contribution in [0.5, 0.6) is 5.88 Å². The van der Waals surface area contributed by atoms with Crippen LogP contribution >= 0.6 is 0 Å². The summed E-state index contributed by atoms with van der Waals surface area (Å²) in [6, 6.07) is 3.95. The molecule has 1 unspecified atom stereocenters. The Morgan fingerprint density at radius 2 is 2.25 bits per heavy atom. The molecule has 0 saturated heterocycles. The predicted octanol–water partition coefficient (Wildman–Crippen LogP) is 1.88. The van der Waals surface area contributed by atoms with Gasteiger partial charge in [-0.2, -0.15) is 0 Å². The molecule has 0 spiro atoms. The molecule has 1 heterocycles. The van der Waals surface area contributed by atoms with Crippen molar-refractivity contribution in [3.63, 3.8) is 0 Å².